The number of aliphatic imine (C=N–C) groups is 1. The van der Waals surface area contributed by atoms with Crippen molar-refractivity contribution in [2.75, 3.05) is 26.2 Å². The molecule has 0 spiro atoms. The van der Waals surface area contributed by atoms with Gasteiger partial charge in [-0.15, -0.1) is 0 Å². The van der Waals surface area contributed by atoms with Gasteiger partial charge in [-0.05, 0) is 50.3 Å². The number of carbonyl (C=O) groups excluding carboxylic acids is 1. The van der Waals surface area contributed by atoms with Crippen molar-refractivity contribution in [1.29, 1.82) is 0 Å². The van der Waals surface area contributed by atoms with Crippen LogP contribution in [-0.4, -0.2) is 43.0 Å². The zero-order valence-corrected chi connectivity index (χ0v) is 15.3. The van der Waals surface area contributed by atoms with Crippen LogP contribution in [0.25, 0.3) is 0 Å². The smallest absolute Gasteiger partial charge is 0.217 e. The highest BCUT2D eigenvalue weighted by atomic mass is 16.5. The standard InChI is InChI=1S/C19H30N4O2/c1-3-21-19(23-10-6-8-16(14-23)12-18(20)24)22-13-15-7-5-9-17(11-15)25-4-2/h5,7,9,11,16H,3-4,6,8,10,12-14H2,1-2H3,(H2,20,24)(H,21,22). The highest BCUT2D eigenvalue weighted by Gasteiger charge is 2.23. The van der Waals surface area contributed by atoms with Crippen LogP contribution in [0.5, 0.6) is 5.75 Å². The highest BCUT2D eigenvalue weighted by molar-refractivity contribution is 5.80. The van der Waals surface area contributed by atoms with Gasteiger partial charge in [-0.2, -0.15) is 0 Å². The van der Waals surface area contributed by atoms with Gasteiger partial charge in [-0.1, -0.05) is 12.1 Å². The Labute approximate surface area is 150 Å². The SMILES string of the molecule is CCNC(=NCc1cccc(OCC)c1)N1CCCC(CC(N)=O)C1. The van der Waals surface area contributed by atoms with Crippen LogP contribution >= 0.6 is 0 Å². The van der Waals surface area contributed by atoms with E-state index < -0.39 is 0 Å². The maximum atomic E-state index is 11.2. The molecule has 1 saturated heterocycles. The molecule has 1 unspecified atom stereocenters. The van der Waals surface area contributed by atoms with Gasteiger partial charge in [0, 0.05) is 26.1 Å². The number of nitrogens with one attached hydrogen (secondary N) is 1. The predicted octanol–water partition coefficient (Wildman–Crippen LogP) is 2.14. The first-order valence-electron chi connectivity index (χ1n) is 9.15. The Kier molecular flexibility index (Phi) is 7.57. The summed E-state index contributed by atoms with van der Waals surface area (Å²) in [6.45, 7) is 7.90. The summed E-state index contributed by atoms with van der Waals surface area (Å²) in [6, 6.07) is 8.04. The van der Waals surface area contributed by atoms with E-state index >= 15 is 0 Å². The maximum absolute atomic E-state index is 11.2. The minimum atomic E-state index is -0.221. The minimum absolute atomic E-state index is 0.221. The summed E-state index contributed by atoms with van der Waals surface area (Å²) in [5, 5.41) is 3.36. The molecule has 1 amide bonds. The third kappa shape index (κ3) is 6.29. The predicted molar refractivity (Wildman–Crippen MR) is 101 cm³/mol. The molecule has 0 bridgehead atoms. The molecule has 1 aromatic rings. The zero-order valence-electron chi connectivity index (χ0n) is 15.3. The summed E-state index contributed by atoms with van der Waals surface area (Å²) in [5.41, 5.74) is 6.48. The van der Waals surface area contributed by atoms with Gasteiger partial charge >= 0.3 is 0 Å². The van der Waals surface area contributed by atoms with Gasteiger partial charge in [-0.25, -0.2) is 4.99 Å². The van der Waals surface area contributed by atoms with Gasteiger partial charge in [0.15, 0.2) is 5.96 Å². The number of nitrogens with zero attached hydrogens (tertiary/aromatic N) is 2. The molecule has 1 fully saturated rings. The molecule has 138 valence electrons. The number of rotatable bonds is 7. The van der Waals surface area contributed by atoms with Crippen LogP contribution in [0.2, 0.25) is 0 Å². The number of carbonyl (C=O) groups is 1. The largest absolute Gasteiger partial charge is 0.494 e. The van der Waals surface area contributed by atoms with Gasteiger partial charge in [0.2, 0.25) is 5.91 Å². The molecule has 0 aliphatic carbocycles. The number of guanidine groups is 1. The van der Waals surface area contributed by atoms with Crippen molar-refractivity contribution in [3.05, 3.63) is 29.8 Å². The molecule has 3 N–H and O–H groups in total. The first kappa shape index (κ1) is 19.1. The molecular weight excluding hydrogens is 316 g/mol. The summed E-state index contributed by atoms with van der Waals surface area (Å²) >= 11 is 0. The lowest BCUT2D eigenvalue weighted by atomic mass is 9.95. The Balaban J connectivity index is 2.04. The van der Waals surface area contributed by atoms with Crippen molar-refractivity contribution in [3.63, 3.8) is 0 Å². The van der Waals surface area contributed by atoms with Crippen LogP contribution in [0.4, 0.5) is 0 Å². The van der Waals surface area contributed by atoms with E-state index in [4.69, 9.17) is 15.5 Å². The van der Waals surface area contributed by atoms with Crippen molar-refractivity contribution in [1.82, 2.24) is 10.2 Å². The van der Waals surface area contributed by atoms with E-state index in [0.29, 0.717) is 25.5 Å². The lowest BCUT2D eigenvalue weighted by Crippen LogP contribution is -2.47. The van der Waals surface area contributed by atoms with Crippen molar-refractivity contribution in [3.8, 4) is 5.75 Å². The van der Waals surface area contributed by atoms with Crippen molar-refractivity contribution in [2.45, 2.75) is 39.7 Å². The number of hydrogen-bond acceptors (Lipinski definition) is 3. The molecule has 1 heterocycles. The molecule has 1 aliphatic rings. The van der Waals surface area contributed by atoms with Crippen molar-refractivity contribution >= 4 is 11.9 Å². The number of amides is 1. The number of primary amides is 1. The second-order valence-electron chi connectivity index (χ2n) is 6.38. The van der Waals surface area contributed by atoms with Gasteiger partial charge < -0.3 is 20.7 Å². The molecule has 0 saturated carbocycles. The fourth-order valence-corrected chi connectivity index (χ4v) is 3.20. The molecule has 25 heavy (non-hydrogen) atoms. The van der Waals surface area contributed by atoms with Crippen molar-refractivity contribution < 1.29 is 9.53 Å². The summed E-state index contributed by atoms with van der Waals surface area (Å²) in [6.07, 6.45) is 2.56. The van der Waals surface area contributed by atoms with Crippen LogP contribution in [0.15, 0.2) is 29.3 Å². The quantitative estimate of drug-likeness (QED) is 0.585. The van der Waals surface area contributed by atoms with Gasteiger partial charge in [0.25, 0.3) is 0 Å². The summed E-state index contributed by atoms with van der Waals surface area (Å²) < 4.78 is 5.55. The Bertz CT molecular complexity index is 589. The van der Waals surface area contributed by atoms with E-state index in [1.165, 1.54) is 0 Å². The van der Waals surface area contributed by atoms with Crippen LogP contribution < -0.4 is 15.8 Å². The van der Waals surface area contributed by atoms with E-state index in [-0.39, 0.29) is 5.91 Å². The van der Waals surface area contributed by atoms with Crippen LogP contribution in [0.3, 0.4) is 0 Å². The first-order valence-corrected chi connectivity index (χ1v) is 9.15. The van der Waals surface area contributed by atoms with Crippen LogP contribution in [0.1, 0.15) is 38.7 Å². The maximum Gasteiger partial charge on any atom is 0.217 e. The average Bonchev–Trinajstić information content (AvgIpc) is 2.59. The zero-order chi connectivity index (χ0) is 18.1. The topological polar surface area (TPSA) is 80.0 Å². The number of benzene rings is 1. The third-order valence-electron chi connectivity index (χ3n) is 4.26. The molecule has 6 heteroatoms. The van der Waals surface area contributed by atoms with Gasteiger partial charge in [0.1, 0.15) is 5.75 Å². The molecule has 1 aromatic carbocycles. The fraction of sp³-hybridized carbons (Fsp3) is 0.579. The van der Waals surface area contributed by atoms with Crippen LogP contribution in [0, 0.1) is 5.92 Å². The van der Waals surface area contributed by atoms with E-state index in [0.717, 1.165) is 49.7 Å². The number of ether oxygens (including phenoxy) is 1. The Morgan fingerprint density at radius 1 is 1.44 bits per heavy atom. The molecule has 1 aliphatic heterocycles. The fourth-order valence-electron chi connectivity index (χ4n) is 3.20. The van der Waals surface area contributed by atoms with Gasteiger partial charge in [0.05, 0.1) is 13.2 Å². The third-order valence-corrected chi connectivity index (χ3v) is 4.26. The van der Waals surface area contributed by atoms with E-state index in [2.05, 4.69) is 23.2 Å². The highest BCUT2D eigenvalue weighted by Crippen LogP contribution is 2.20. The van der Waals surface area contributed by atoms with E-state index in [1.54, 1.807) is 0 Å². The normalized spacial score (nSPS) is 18.1. The first-order chi connectivity index (χ1) is 12.1. The number of hydrogen-bond donors (Lipinski definition) is 2. The van der Waals surface area contributed by atoms with Crippen LogP contribution in [-0.2, 0) is 11.3 Å². The summed E-state index contributed by atoms with van der Waals surface area (Å²) in [7, 11) is 0. The van der Waals surface area contributed by atoms with E-state index in [1.807, 2.05) is 25.1 Å². The molecule has 6 nitrogen and oxygen atoms in total. The summed E-state index contributed by atoms with van der Waals surface area (Å²) in [4.78, 5) is 18.2. The number of nitrogens with two attached hydrogens (primary N) is 1. The van der Waals surface area contributed by atoms with E-state index in [9.17, 15) is 4.79 Å². The molecular formula is C19H30N4O2. The number of likely N-dealkylation sites (tertiary alicyclic amines) is 1. The average molecular weight is 346 g/mol. The summed E-state index contributed by atoms with van der Waals surface area (Å²) in [5.74, 6) is 1.87. The minimum Gasteiger partial charge on any atom is -0.494 e. The number of piperidine rings is 1. The molecule has 2 rings (SSSR count). The molecule has 0 radical (unpaired) electrons. The second kappa shape index (κ2) is 9.91. The molecule has 0 aromatic heterocycles. The lowest BCUT2D eigenvalue weighted by Gasteiger charge is -2.34. The van der Waals surface area contributed by atoms with Crippen molar-refractivity contribution in [2.24, 2.45) is 16.6 Å². The Hall–Kier alpha value is -2.24. The Morgan fingerprint density at radius 3 is 3.00 bits per heavy atom. The Morgan fingerprint density at radius 2 is 2.28 bits per heavy atom. The van der Waals surface area contributed by atoms with Gasteiger partial charge in [-0.3, -0.25) is 4.79 Å². The monoisotopic (exact) mass is 346 g/mol. The lowest BCUT2D eigenvalue weighted by molar-refractivity contribution is -0.119. The second-order valence-corrected chi connectivity index (χ2v) is 6.38. The molecule has 1 atom stereocenters.